The third kappa shape index (κ3) is 3.42. The Kier molecular flexibility index (Phi) is 4.59. The number of aromatic nitrogens is 1. The first kappa shape index (κ1) is 17.0. The number of piperidine rings is 1. The summed E-state index contributed by atoms with van der Waals surface area (Å²) in [6.45, 7) is 1.64. The van der Waals surface area contributed by atoms with E-state index >= 15 is 0 Å². The number of rotatable bonds is 3. The number of nitrogens with zero attached hydrogens (tertiary/aromatic N) is 2. The van der Waals surface area contributed by atoms with Crippen LogP contribution in [-0.4, -0.2) is 47.2 Å². The van der Waals surface area contributed by atoms with Crippen molar-refractivity contribution in [3.63, 3.8) is 0 Å². The van der Waals surface area contributed by atoms with Crippen molar-refractivity contribution < 1.29 is 18.7 Å². The second-order valence-electron chi connectivity index (χ2n) is 6.88. The zero-order valence-electron chi connectivity index (χ0n) is 14.4. The second kappa shape index (κ2) is 7.03. The molecule has 1 aromatic heterocycles. The number of carbonyl (C=O) groups is 1. The fraction of sp³-hybridized carbons (Fsp3) is 0.400. The first-order valence-corrected chi connectivity index (χ1v) is 8.91. The van der Waals surface area contributed by atoms with Gasteiger partial charge in [0.2, 0.25) is 5.88 Å². The van der Waals surface area contributed by atoms with Crippen LogP contribution in [0.1, 0.15) is 29.6 Å². The van der Waals surface area contributed by atoms with Crippen LogP contribution in [0, 0.1) is 5.82 Å². The molecular formula is C20H21FN2O3. The van der Waals surface area contributed by atoms with E-state index in [1.54, 1.807) is 23.2 Å². The predicted molar refractivity (Wildman–Crippen MR) is 93.5 cm³/mol. The number of hydrogen-bond acceptors (Lipinski definition) is 4. The molecule has 136 valence electrons. The van der Waals surface area contributed by atoms with Gasteiger partial charge < -0.3 is 14.4 Å². The summed E-state index contributed by atoms with van der Waals surface area (Å²) in [6.07, 6.45) is 3.92. The fourth-order valence-corrected chi connectivity index (χ4v) is 3.74. The van der Waals surface area contributed by atoms with Gasteiger partial charge in [-0.1, -0.05) is 18.2 Å². The van der Waals surface area contributed by atoms with Crippen molar-refractivity contribution in [2.45, 2.75) is 31.0 Å². The fourth-order valence-electron chi connectivity index (χ4n) is 3.74. The van der Waals surface area contributed by atoms with Crippen molar-refractivity contribution >= 4 is 5.91 Å². The van der Waals surface area contributed by atoms with Crippen LogP contribution in [0.4, 0.5) is 4.39 Å². The lowest BCUT2D eigenvalue weighted by atomic mass is 9.87. The first-order chi connectivity index (χ1) is 12.7. The Hall–Kier alpha value is -2.47. The topological polar surface area (TPSA) is 51.7 Å². The van der Waals surface area contributed by atoms with Gasteiger partial charge in [-0.25, -0.2) is 9.37 Å². The summed E-state index contributed by atoms with van der Waals surface area (Å²) in [5, 5.41) is 0. The minimum Gasteiger partial charge on any atom is -0.472 e. The lowest BCUT2D eigenvalue weighted by Gasteiger charge is -2.38. The van der Waals surface area contributed by atoms with Gasteiger partial charge in [-0.05, 0) is 31.0 Å². The van der Waals surface area contributed by atoms with Gasteiger partial charge in [-0.2, -0.15) is 0 Å². The van der Waals surface area contributed by atoms with Gasteiger partial charge in [0, 0.05) is 31.8 Å². The standard InChI is InChI=1S/C20H21FN2O3/c21-17-6-2-1-5-16(17)19(24)23-11-8-20(9-12-23)13-15(14-25-20)26-18-7-3-4-10-22-18/h1-7,10,15H,8-9,11-14H2. The maximum atomic E-state index is 13.9. The number of halogens is 1. The maximum Gasteiger partial charge on any atom is 0.256 e. The normalized spacial score (nSPS) is 21.7. The van der Waals surface area contributed by atoms with E-state index in [1.807, 2.05) is 18.2 Å². The molecule has 1 aromatic carbocycles. The van der Waals surface area contributed by atoms with Crippen LogP contribution >= 0.6 is 0 Å². The van der Waals surface area contributed by atoms with Gasteiger partial charge in [0.05, 0.1) is 17.8 Å². The molecule has 1 spiro atoms. The highest BCUT2D eigenvalue weighted by Gasteiger charge is 2.44. The van der Waals surface area contributed by atoms with Crippen molar-refractivity contribution in [3.8, 4) is 5.88 Å². The molecule has 1 atom stereocenters. The quantitative estimate of drug-likeness (QED) is 0.848. The zero-order chi connectivity index (χ0) is 18.0. The molecule has 2 aromatic rings. The van der Waals surface area contributed by atoms with Crippen molar-refractivity contribution in [2.24, 2.45) is 0 Å². The van der Waals surface area contributed by atoms with Gasteiger partial charge in [0.25, 0.3) is 5.91 Å². The molecule has 6 heteroatoms. The molecule has 26 heavy (non-hydrogen) atoms. The number of pyridine rings is 1. The SMILES string of the molecule is O=C(c1ccccc1F)N1CCC2(CC1)CC(Oc1ccccn1)CO2. The average Bonchev–Trinajstić information content (AvgIpc) is 3.05. The molecule has 2 saturated heterocycles. The maximum absolute atomic E-state index is 13.9. The van der Waals surface area contributed by atoms with Gasteiger partial charge in [0.1, 0.15) is 11.9 Å². The van der Waals surface area contributed by atoms with E-state index in [0.29, 0.717) is 25.6 Å². The monoisotopic (exact) mass is 356 g/mol. The van der Waals surface area contributed by atoms with Crippen molar-refractivity contribution in [3.05, 3.63) is 60.0 Å². The predicted octanol–water partition coefficient (Wildman–Crippen LogP) is 3.06. The van der Waals surface area contributed by atoms with E-state index in [9.17, 15) is 9.18 Å². The molecule has 4 rings (SSSR count). The van der Waals surface area contributed by atoms with Crippen molar-refractivity contribution in [2.75, 3.05) is 19.7 Å². The highest BCUT2D eigenvalue weighted by Crippen LogP contribution is 2.37. The Labute approximate surface area is 151 Å². The smallest absolute Gasteiger partial charge is 0.256 e. The van der Waals surface area contributed by atoms with Crippen LogP contribution in [0.5, 0.6) is 5.88 Å². The summed E-state index contributed by atoms with van der Waals surface area (Å²) >= 11 is 0. The molecule has 2 aliphatic heterocycles. The number of amides is 1. The Morgan fingerprint density at radius 1 is 1.19 bits per heavy atom. The molecule has 0 N–H and O–H groups in total. The van der Waals surface area contributed by atoms with E-state index in [4.69, 9.17) is 9.47 Å². The van der Waals surface area contributed by atoms with E-state index in [2.05, 4.69) is 4.98 Å². The van der Waals surface area contributed by atoms with E-state index in [-0.39, 0.29) is 23.2 Å². The largest absolute Gasteiger partial charge is 0.472 e. The summed E-state index contributed by atoms with van der Waals surface area (Å²) in [6, 6.07) is 11.7. The third-order valence-corrected chi connectivity index (χ3v) is 5.17. The van der Waals surface area contributed by atoms with Crippen LogP contribution in [0.2, 0.25) is 0 Å². The molecule has 1 amide bonds. The number of hydrogen-bond donors (Lipinski definition) is 0. The van der Waals surface area contributed by atoms with Crippen LogP contribution in [0.25, 0.3) is 0 Å². The number of ether oxygens (including phenoxy) is 2. The molecule has 0 bridgehead atoms. The Morgan fingerprint density at radius 3 is 2.69 bits per heavy atom. The molecule has 2 fully saturated rings. The van der Waals surface area contributed by atoms with E-state index < -0.39 is 5.82 Å². The highest BCUT2D eigenvalue weighted by atomic mass is 19.1. The Bertz CT molecular complexity index is 776. The van der Waals surface area contributed by atoms with Gasteiger partial charge in [-0.3, -0.25) is 4.79 Å². The molecular weight excluding hydrogens is 335 g/mol. The summed E-state index contributed by atoms with van der Waals surface area (Å²) in [5.74, 6) is -0.124. The first-order valence-electron chi connectivity index (χ1n) is 8.91. The number of likely N-dealkylation sites (tertiary alicyclic amines) is 1. The van der Waals surface area contributed by atoms with E-state index in [0.717, 1.165) is 19.3 Å². The van der Waals surface area contributed by atoms with Crippen LogP contribution in [0.15, 0.2) is 48.7 Å². The molecule has 0 radical (unpaired) electrons. The van der Waals surface area contributed by atoms with E-state index in [1.165, 1.54) is 12.1 Å². The van der Waals surface area contributed by atoms with Gasteiger partial charge in [0.15, 0.2) is 0 Å². The summed E-state index contributed by atoms with van der Waals surface area (Å²) < 4.78 is 25.8. The average molecular weight is 356 g/mol. The minimum absolute atomic E-state index is 0.0290. The second-order valence-corrected chi connectivity index (χ2v) is 6.88. The molecule has 0 aliphatic carbocycles. The number of carbonyl (C=O) groups excluding carboxylic acids is 1. The summed E-state index contributed by atoms with van der Waals surface area (Å²) in [4.78, 5) is 18.4. The lowest BCUT2D eigenvalue weighted by Crippen LogP contribution is -2.46. The molecule has 5 nitrogen and oxygen atoms in total. The minimum atomic E-state index is -0.473. The zero-order valence-corrected chi connectivity index (χ0v) is 14.4. The van der Waals surface area contributed by atoms with Gasteiger partial charge >= 0.3 is 0 Å². The third-order valence-electron chi connectivity index (χ3n) is 5.17. The molecule has 0 saturated carbocycles. The summed E-state index contributed by atoms with van der Waals surface area (Å²) in [7, 11) is 0. The Morgan fingerprint density at radius 2 is 1.96 bits per heavy atom. The number of benzene rings is 1. The lowest BCUT2D eigenvalue weighted by molar-refractivity contribution is -0.0396. The Balaban J connectivity index is 1.35. The van der Waals surface area contributed by atoms with Crippen LogP contribution < -0.4 is 4.74 Å². The summed E-state index contributed by atoms with van der Waals surface area (Å²) in [5.41, 5.74) is -0.127. The van der Waals surface area contributed by atoms with Crippen LogP contribution in [0.3, 0.4) is 0 Å². The van der Waals surface area contributed by atoms with Crippen molar-refractivity contribution in [1.29, 1.82) is 0 Å². The molecule has 2 aliphatic rings. The van der Waals surface area contributed by atoms with Crippen LogP contribution in [-0.2, 0) is 4.74 Å². The molecule has 1 unspecified atom stereocenters. The van der Waals surface area contributed by atoms with Gasteiger partial charge in [-0.15, -0.1) is 0 Å². The van der Waals surface area contributed by atoms with Crippen molar-refractivity contribution in [1.82, 2.24) is 9.88 Å². The highest BCUT2D eigenvalue weighted by molar-refractivity contribution is 5.94. The molecule has 3 heterocycles.